The number of hydrogen-bond donors (Lipinski definition) is 1. The van der Waals surface area contributed by atoms with Gasteiger partial charge in [0.2, 0.25) is 0 Å². The first kappa shape index (κ1) is 15.5. The molecule has 0 fully saturated rings. The Balaban J connectivity index is 2.04. The minimum atomic E-state index is 0.313. The van der Waals surface area contributed by atoms with Gasteiger partial charge in [-0.05, 0) is 49.2 Å². The lowest BCUT2D eigenvalue weighted by molar-refractivity contribution is 0.475. The fourth-order valence-electron chi connectivity index (χ4n) is 2.29. The molecule has 1 atom stereocenters. The van der Waals surface area contributed by atoms with Gasteiger partial charge in [0.15, 0.2) is 0 Å². The van der Waals surface area contributed by atoms with Crippen LogP contribution in [-0.4, -0.2) is 11.5 Å². The molecule has 1 aromatic carbocycles. The molecule has 3 nitrogen and oxygen atoms in total. The molecule has 2 aromatic rings. The predicted molar refractivity (Wildman–Crippen MR) is 86.8 cm³/mol. The highest BCUT2D eigenvalue weighted by atomic mass is 16.5. The Kier molecular flexibility index (Phi) is 5.76. The second-order valence-electron chi connectivity index (χ2n) is 5.04. The van der Waals surface area contributed by atoms with Crippen LogP contribution in [0.5, 0.6) is 11.5 Å². The molecule has 0 saturated heterocycles. The van der Waals surface area contributed by atoms with E-state index >= 15 is 0 Å². The molecule has 0 amide bonds. The first-order valence-corrected chi connectivity index (χ1v) is 7.72. The van der Waals surface area contributed by atoms with E-state index in [1.165, 1.54) is 5.56 Å². The van der Waals surface area contributed by atoms with Crippen LogP contribution >= 0.6 is 0 Å². The van der Waals surface area contributed by atoms with Crippen LogP contribution in [0.15, 0.2) is 42.6 Å². The third-order valence-electron chi connectivity index (χ3n) is 3.54. The summed E-state index contributed by atoms with van der Waals surface area (Å²) >= 11 is 0. The molecule has 21 heavy (non-hydrogen) atoms. The van der Waals surface area contributed by atoms with Crippen molar-refractivity contribution in [3.8, 4) is 11.5 Å². The highest BCUT2D eigenvalue weighted by molar-refractivity contribution is 5.32. The van der Waals surface area contributed by atoms with Crippen molar-refractivity contribution >= 4 is 0 Å². The van der Waals surface area contributed by atoms with Gasteiger partial charge in [-0.2, -0.15) is 0 Å². The zero-order valence-corrected chi connectivity index (χ0v) is 13.1. The number of nitrogens with zero attached hydrogens (tertiary/aromatic N) is 1. The number of nitrogens with one attached hydrogen (secondary N) is 1. The fraction of sp³-hybridized carbons (Fsp3) is 0.389. The van der Waals surface area contributed by atoms with E-state index in [1.807, 2.05) is 24.3 Å². The summed E-state index contributed by atoms with van der Waals surface area (Å²) < 4.78 is 5.82. The second-order valence-corrected chi connectivity index (χ2v) is 5.04. The van der Waals surface area contributed by atoms with Gasteiger partial charge in [0.1, 0.15) is 11.5 Å². The van der Waals surface area contributed by atoms with Crippen molar-refractivity contribution in [2.24, 2.45) is 0 Å². The summed E-state index contributed by atoms with van der Waals surface area (Å²) in [5, 5.41) is 3.43. The molecule has 0 aliphatic carbocycles. The average Bonchev–Trinajstić information content (AvgIpc) is 2.54. The molecule has 0 radical (unpaired) electrons. The predicted octanol–water partition coefficient (Wildman–Crippen LogP) is 4.50. The maximum atomic E-state index is 5.82. The van der Waals surface area contributed by atoms with Gasteiger partial charge >= 0.3 is 0 Å². The molecule has 1 N–H and O–H groups in total. The number of hydrogen-bond acceptors (Lipinski definition) is 3. The van der Waals surface area contributed by atoms with Gasteiger partial charge in [-0.1, -0.05) is 32.9 Å². The standard InChI is InChI=1S/C18H24N2O/c1-4-14-7-9-15(10-8-14)21-16-11-12-18(20-13-16)17(5-2)19-6-3/h7-13,17,19H,4-6H2,1-3H3. The summed E-state index contributed by atoms with van der Waals surface area (Å²) in [5.41, 5.74) is 2.38. The van der Waals surface area contributed by atoms with Crippen molar-refractivity contribution in [2.45, 2.75) is 39.7 Å². The summed E-state index contributed by atoms with van der Waals surface area (Å²) in [6.45, 7) is 7.37. The highest BCUT2D eigenvalue weighted by Gasteiger charge is 2.09. The molecular formula is C18H24N2O. The van der Waals surface area contributed by atoms with Gasteiger partial charge in [0.25, 0.3) is 0 Å². The smallest absolute Gasteiger partial charge is 0.145 e. The molecule has 0 saturated carbocycles. The first-order valence-electron chi connectivity index (χ1n) is 7.72. The van der Waals surface area contributed by atoms with E-state index in [0.717, 1.165) is 36.6 Å². The molecule has 3 heteroatoms. The summed E-state index contributed by atoms with van der Waals surface area (Å²) in [6.07, 6.45) is 3.86. The zero-order valence-electron chi connectivity index (χ0n) is 13.1. The topological polar surface area (TPSA) is 34.1 Å². The van der Waals surface area contributed by atoms with Crippen molar-refractivity contribution < 1.29 is 4.74 Å². The number of pyridine rings is 1. The minimum absolute atomic E-state index is 0.313. The van der Waals surface area contributed by atoms with Crippen molar-refractivity contribution in [1.29, 1.82) is 0 Å². The number of ether oxygens (including phenoxy) is 1. The summed E-state index contributed by atoms with van der Waals surface area (Å²) in [6, 6.07) is 12.5. The van der Waals surface area contributed by atoms with Crippen molar-refractivity contribution in [3.63, 3.8) is 0 Å². The summed E-state index contributed by atoms with van der Waals surface area (Å²) in [4.78, 5) is 4.51. The SMILES string of the molecule is CCNC(CC)c1ccc(Oc2ccc(CC)cc2)cn1. The maximum Gasteiger partial charge on any atom is 0.145 e. The van der Waals surface area contributed by atoms with Crippen LogP contribution in [0.1, 0.15) is 44.5 Å². The third kappa shape index (κ3) is 4.30. The van der Waals surface area contributed by atoms with Crippen LogP contribution in [0.3, 0.4) is 0 Å². The molecule has 0 spiro atoms. The Morgan fingerprint density at radius 1 is 1.00 bits per heavy atom. The van der Waals surface area contributed by atoms with E-state index in [9.17, 15) is 0 Å². The second kappa shape index (κ2) is 7.79. The minimum Gasteiger partial charge on any atom is -0.456 e. The van der Waals surface area contributed by atoms with Gasteiger partial charge in [0.05, 0.1) is 11.9 Å². The van der Waals surface area contributed by atoms with Crippen LogP contribution in [0.2, 0.25) is 0 Å². The Morgan fingerprint density at radius 3 is 2.24 bits per heavy atom. The monoisotopic (exact) mass is 284 g/mol. The molecule has 1 unspecified atom stereocenters. The molecule has 0 aliphatic heterocycles. The molecule has 112 valence electrons. The van der Waals surface area contributed by atoms with Crippen LogP contribution < -0.4 is 10.1 Å². The number of aryl methyl sites for hydroxylation is 1. The van der Waals surface area contributed by atoms with Crippen LogP contribution in [0, 0.1) is 0 Å². The summed E-state index contributed by atoms with van der Waals surface area (Å²) in [5.74, 6) is 1.62. The third-order valence-corrected chi connectivity index (χ3v) is 3.54. The average molecular weight is 284 g/mol. The van der Waals surface area contributed by atoms with E-state index in [1.54, 1.807) is 6.20 Å². The number of aromatic nitrogens is 1. The lowest BCUT2D eigenvalue weighted by atomic mass is 10.1. The largest absolute Gasteiger partial charge is 0.456 e. The highest BCUT2D eigenvalue weighted by Crippen LogP contribution is 2.23. The van der Waals surface area contributed by atoms with Crippen molar-refractivity contribution in [1.82, 2.24) is 10.3 Å². The van der Waals surface area contributed by atoms with Gasteiger partial charge in [-0.15, -0.1) is 0 Å². The van der Waals surface area contributed by atoms with Crippen LogP contribution in [-0.2, 0) is 6.42 Å². The molecule has 2 rings (SSSR count). The van der Waals surface area contributed by atoms with E-state index < -0.39 is 0 Å². The van der Waals surface area contributed by atoms with Gasteiger partial charge in [0, 0.05) is 6.04 Å². The van der Waals surface area contributed by atoms with Crippen molar-refractivity contribution in [2.75, 3.05) is 6.54 Å². The van der Waals surface area contributed by atoms with Crippen molar-refractivity contribution in [3.05, 3.63) is 53.9 Å². The lowest BCUT2D eigenvalue weighted by Crippen LogP contribution is -2.20. The Hall–Kier alpha value is -1.87. The van der Waals surface area contributed by atoms with E-state index in [2.05, 4.69) is 43.2 Å². The Bertz CT molecular complexity index is 534. The lowest BCUT2D eigenvalue weighted by Gasteiger charge is -2.15. The van der Waals surface area contributed by atoms with E-state index in [4.69, 9.17) is 4.74 Å². The molecule has 0 aliphatic rings. The van der Waals surface area contributed by atoms with Gasteiger partial charge < -0.3 is 10.1 Å². The number of rotatable bonds is 7. The van der Waals surface area contributed by atoms with Crippen LogP contribution in [0.4, 0.5) is 0 Å². The molecule has 1 aromatic heterocycles. The van der Waals surface area contributed by atoms with E-state index in [-0.39, 0.29) is 0 Å². The van der Waals surface area contributed by atoms with Crippen LogP contribution in [0.25, 0.3) is 0 Å². The maximum absolute atomic E-state index is 5.82. The molecule has 1 heterocycles. The van der Waals surface area contributed by atoms with E-state index in [0.29, 0.717) is 6.04 Å². The first-order chi connectivity index (χ1) is 10.3. The molecular weight excluding hydrogens is 260 g/mol. The van der Waals surface area contributed by atoms with Gasteiger partial charge in [-0.3, -0.25) is 4.98 Å². The molecule has 0 bridgehead atoms. The fourth-order valence-corrected chi connectivity index (χ4v) is 2.29. The number of benzene rings is 1. The zero-order chi connectivity index (χ0) is 15.1. The Labute approximate surface area is 127 Å². The summed E-state index contributed by atoms with van der Waals surface area (Å²) in [7, 11) is 0. The Morgan fingerprint density at radius 2 is 1.71 bits per heavy atom. The normalized spacial score (nSPS) is 12.1. The quantitative estimate of drug-likeness (QED) is 0.813. The van der Waals surface area contributed by atoms with Gasteiger partial charge in [-0.25, -0.2) is 0 Å².